The van der Waals surface area contributed by atoms with Crippen molar-refractivity contribution in [1.29, 1.82) is 0 Å². The van der Waals surface area contributed by atoms with E-state index in [1.165, 1.54) is 11.8 Å². The number of hydrogen-bond donors (Lipinski definition) is 1. The number of amides is 1. The molecule has 1 aromatic rings. The number of hydrogen-bond acceptors (Lipinski definition) is 3. The molecule has 0 radical (unpaired) electrons. The van der Waals surface area contributed by atoms with E-state index in [4.69, 9.17) is 12.2 Å². The molecule has 1 aliphatic rings. The first-order valence-corrected chi connectivity index (χ1v) is 7.73. The molecule has 1 N–H and O–H groups in total. The second-order valence-corrected chi connectivity index (χ2v) is 6.13. The Morgan fingerprint density at radius 2 is 1.90 bits per heavy atom. The molecule has 1 saturated heterocycles. The average molecular weight is 334 g/mol. The van der Waals surface area contributed by atoms with Crippen LogP contribution in [0.1, 0.15) is 12.8 Å². The quantitative estimate of drug-likeness (QED) is 0.680. The number of halogens is 3. The summed E-state index contributed by atoms with van der Waals surface area (Å²) in [5, 5.41) is 2.20. The van der Waals surface area contributed by atoms with E-state index in [-0.39, 0.29) is 11.4 Å². The van der Waals surface area contributed by atoms with Crippen LogP contribution < -0.4 is 5.32 Å². The minimum absolute atomic E-state index is 0.00618. The van der Waals surface area contributed by atoms with Crippen LogP contribution in [0, 0.1) is 17.5 Å². The first-order chi connectivity index (χ1) is 9.99. The summed E-state index contributed by atoms with van der Waals surface area (Å²) in [6.45, 7) is 1.76. The number of benzene rings is 1. The third kappa shape index (κ3) is 4.10. The summed E-state index contributed by atoms with van der Waals surface area (Å²) in [5.74, 6) is -4.83. The van der Waals surface area contributed by atoms with Crippen molar-refractivity contribution in [1.82, 2.24) is 4.90 Å². The Kier molecular flexibility index (Phi) is 5.46. The Hall–Kier alpha value is -1.28. The Balaban J connectivity index is 1.87. The standard InChI is InChI=1S/C13H13F3N2OS2/c14-8-3-4-9(12(16)11(8)15)17-10(19)7-21-13(20)18-5-1-2-6-18/h3-4H,1-2,5-7H2,(H,17,19). The van der Waals surface area contributed by atoms with E-state index in [1.807, 2.05) is 4.90 Å². The van der Waals surface area contributed by atoms with Crippen molar-refractivity contribution in [3.8, 4) is 0 Å². The lowest BCUT2D eigenvalue weighted by atomic mass is 10.3. The Morgan fingerprint density at radius 3 is 2.57 bits per heavy atom. The molecule has 1 heterocycles. The van der Waals surface area contributed by atoms with E-state index >= 15 is 0 Å². The van der Waals surface area contributed by atoms with Crippen LogP contribution in [0.5, 0.6) is 0 Å². The Bertz CT molecular complexity index is 563. The van der Waals surface area contributed by atoms with Gasteiger partial charge in [-0.3, -0.25) is 4.79 Å². The monoisotopic (exact) mass is 334 g/mol. The number of nitrogens with zero attached hydrogens (tertiary/aromatic N) is 1. The highest BCUT2D eigenvalue weighted by atomic mass is 32.2. The van der Waals surface area contributed by atoms with Gasteiger partial charge >= 0.3 is 0 Å². The minimum atomic E-state index is -1.60. The van der Waals surface area contributed by atoms with Crippen molar-refractivity contribution in [3.05, 3.63) is 29.6 Å². The average Bonchev–Trinajstić information content (AvgIpc) is 3.00. The fourth-order valence-corrected chi connectivity index (χ4v) is 2.98. The van der Waals surface area contributed by atoms with Gasteiger partial charge in [-0.25, -0.2) is 13.2 Å². The van der Waals surface area contributed by atoms with Crippen LogP contribution in [-0.2, 0) is 4.79 Å². The largest absolute Gasteiger partial charge is 0.358 e. The van der Waals surface area contributed by atoms with E-state index in [2.05, 4.69) is 5.32 Å². The number of rotatable bonds is 3. The fraction of sp³-hybridized carbons (Fsp3) is 0.385. The van der Waals surface area contributed by atoms with E-state index in [0.29, 0.717) is 4.32 Å². The van der Waals surface area contributed by atoms with Gasteiger partial charge < -0.3 is 10.2 Å². The zero-order chi connectivity index (χ0) is 15.4. The molecule has 2 rings (SSSR count). The van der Waals surface area contributed by atoms with Crippen molar-refractivity contribution < 1.29 is 18.0 Å². The SMILES string of the molecule is O=C(CSC(=S)N1CCCC1)Nc1ccc(F)c(F)c1F. The summed E-state index contributed by atoms with van der Waals surface area (Å²) in [7, 11) is 0. The number of thiocarbonyl (C=S) groups is 1. The smallest absolute Gasteiger partial charge is 0.234 e. The second-order valence-electron chi connectivity index (χ2n) is 4.52. The maximum absolute atomic E-state index is 13.4. The molecule has 3 nitrogen and oxygen atoms in total. The second kappa shape index (κ2) is 7.13. The molecule has 1 fully saturated rings. The van der Waals surface area contributed by atoms with Crippen molar-refractivity contribution in [2.45, 2.75) is 12.8 Å². The predicted molar refractivity (Wildman–Crippen MR) is 80.8 cm³/mol. The molecule has 0 aromatic heterocycles. The molecule has 114 valence electrons. The summed E-state index contributed by atoms with van der Waals surface area (Å²) >= 11 is 6.35. The lowest BCUT2D eigenvalue weighted by molar-refractivity contribution is -0.113. The van der Waals surface area contributed by atoms with Crippen molar-refractivity contribution in [2.75, 3.05) is 24.2 Å². The molecule has 0 bridgehead atoms. The van der Waals surface area contributed by atoms with Gasteiger partial charge in [-0.1, -0.05) is 24.0 Å². The van der Waals surface area contributed by atoms with Crippen LogP contribution in [0.25, 0.3) is 0 Å². The highest BCUT2D eigenvalue weighted by Gasteiger charge is 2.18. The van der Waals surface area contributed by atoms with Crippen LogP contribution in [0.3, 0.4) is 0 Å². The van der Waals surface area contributed by atoms with E-state index in [9.17, 15) is 18.0 Å². The summed E-state index contributed by atoms with van der Waals surface area (Å²) in [5.41, 5.74) is -0.383. The molecular formula is C13H13F3N2OS2. The lowest BCUT2D eigenvalue weighted by Gasteiger charge is -2.17. The topological polar surface area (TPSA) is 32.3 Å². The zero-order valence-corrected chi connectivity index (χ0v) is 12.6. The lowest BCUT2D eigenvalue weighted by Crippen LogP contribution is -2.25. The van der Waals surface area contributed by atoms with Crippen molar-refractivity contribution in [2.24, 2.45) is 0 Å². The maximum atomic E-state index is 13.4. The normalized spacial score (nSPS) is 14.3. The Labute approximate surface area is 129 Å². The molecule has 0 saturated carbocycles. The number of anilines is 1. The van der Waals surface area contributed by atoms with Crippen LogP contribution in [0.15, 0.2) is 12.1 Å². The van der Waals surface area contributed by atoms with Crippen LogP contribution in [0.4, 0.5) is 18.9 Å². The number of carbonyl (C=O) groups excluding carboxylic acids is 1. The molecule has 0 aliphatic carbocycles. The molecular weight excluding hydrogens is 321 g/mol. The molecule has 1 aliphatic heterocycles. The zero-order valence-electron chi connectivity index (χ0n) is 11.0. The highest BCUT2D eigenvalue weighted by Crippen LogP contribution is 2.20. The summed E-state index contributed by atoms with van der Waals surface area (Å²) in [6, 6.07) is 1.74. The minimum Gasteiger partial charge on any atom is -0.358 e. The van der Waals surface area contributed by atoms with Gasteiger partial charge in [0.2, 0.25) is 5.91 Å². The summed E-state index contributed by atoms with van der Waals surface area (Å²) < 4.78 is 39.8. The van der Waals surface area contributed by atoms with Gasteiger partial charge in [-0.05, 0) is 25.0 Å². The van der Waals surface area contributed by atoms with Crippen LogP contribution >= 0.6 is 24.0 Å². The van der Waals surface area contributed by atoms with Gasteiger partial charge in [0.1, 0.15) is 4.32 Å². The maximum Gasteiger partial charge on any atom is 0.234 e. The van der Waals surface area contributed by atoms with Gasteiger partial charge in [-0.15, -0.1) is 0 Å². The predicted octanol–water partition coefficient (Wildman–Crippen LogP) is 3.16. The van der Waals surface area contributed by atoms with Gasteiger partial charge in [0.05, 0.1) is 11.4 Å². The number of carbonyl (C=O) groups is 1. The number of thioether (sulfide) groups is 1. The van der Waals surface area contributed by atoms with Gasteiger partial charge in [0.15, 0.2) is 17.5 Å². The molecule has 0 atom stereocenters. The van der Waals surface area contributed by atoms with Crippen LogP contribution in [0.2, 0.25) is 0 Å². The number of nitrogens with one attached hydrogen (secondary N) is 1. The molecule has 21 heavy (non-hydrogen) atoms. The highest BCUT2D eigenvalue weighted by molar-refractivity contribution is 8.23. The molecule has 1 amide bonds. The van der Waals surface area contributed by atoms with Crippen molar-refractivity contribution in [3.63, 3.8) is 0 Å². The van der Waals surface area contributed by atoms with Crippen molar-refractivity contribution >= 4 is 39.9 Å². The number of likely N-dealkylation sites (tertiary alicyclic amines) is 1. The van der Waals surface area contributed by atoms with Crippen LogP contribution in [-0.4, -0.2) is 34.0 Å². The Morgan fingerprint density at radius 1 is 1.24 bits per heavy atom. The fourth-order valence-electron chi connectivity index (χ4n) is 1.93. The van der Waals surface area contributed by atoms with E-state index < -0.39 is 23.4 Å². The first kappa shape index (κ1) is 16.1. The molecule has 8 heteroatoms. The third-order valence-corrected chi connectivity index (χ3v) is 4.52. The summed E-state index contributed by atoms with van der Waals surface area (Å²) in [6.07, 6.45) is 2.15. The first-order valence-electron chi connectivity index (χ1n) is 6.34. The van der Waals surface area contributed by atoms with Gasteiger partial charge in [0.25, 0.3) is 0 Å². The third-order valence-electron chi connectivity index (χ3n) is 3.00. The van der Waals surface area contributed by atoms with Gasteiger partial charge in [-0.2, -0.15) is 0 Å². The van der Waals surface area contributed by atoms with E-state index in [0.717, 1.165) is 38.1 Å². The molecule has 1 aromatic carbocycles. The molecule has 0 unspecified atom stereocenters. The van der Waals surface area contributed by atoms with Gasteiger partial charge in [0, 0.05) is 13.1 Å². The van der Waals surface area contributed by atoms with E-state index in [1.54, 1.807) is 0 Å². The summed E-state index contributed by atoms with van der Waals surface area (Å²) in [4.78, 5) is 13.7. The molecule has 0 spiro atoms.